The van der Waals surface area contributed by atoms with Crippen molar-refractivity contribution in [1.82, 2.24) is 4.90 Å². The van der Waals surface area contributed by atoms with Crippen molar-refractivity contribution in [2.75, 3.05) is 13.1 Å². The minimum atomic E-state index is -0.574. The maximum atomic E-state index is 12.2. The van der Waals surface area contributed by atoms with Crippen molar-refractivity contribution in [3.8, 4) is 0 Å². The Hall–Kier alpha value is -0.810. The van der Waals surface area contributed by atoms with Crippen LogP contribution >= 0.6 is 24.0 Å². The third-order valence-corrected chi connectivity index (χ3v) is 3.86. The molecule has 0 aromatic heterocycles. The van der Waals surface area contributed by atoms with Crippen molar-refractivity contribution >= 4 is 29.9 Å². The summed E-state index contributed by atoms with van der Waals surface area (Å²) < 4.78 is 0. The van der Waals surface area contributed by atoms with E-state index in [1.54, 1.807) is 11.0 Å². The number of aliphatic hydroxyl groups excluding tert-OH is 1. The molecule has 1 aliphatic heterocycles. The van der Waals surface area contributed by atoms with Gasteiger partial charge in [-0.05, 0) is 30.9 Å². The molecule has 0 radical (unpaired) electrons. The van der Waals surface area contributed by atoms with Gasteiger partial charge in [0, 0.05) is 18.1 Å². The van der Waals surface area contributed by atoms with E-state index < -0.39 is 6.04 Å². The molecule has 0 aliphatic carbocycles. The zero-order valence-corrected chi connectivity index (χ0v) is 12.7. The van der Waals surface area contributed by atoms with E-state index in [0.29, 0.717) is 37.4 Å². The summed E-state index contributed by atoms with van der Waals surface area (Å²) in [4.78, 5) is 13.9. The smallest absolute Gasteiger partial charge is 0.239 e. The van der Waals surface area contributed by atoms with Gasteiger partial charge in [-0.1, -0.05) is 29.8 Å². The van der Waals surface area contributed by atoms with E-state index in [-0.39, 0.29) is 24.4 Å². The highest BCUT2D eigenvalue weighted by molar-refractivity contribution is 6.31. The number of rotatable bonds is 3. The summed E-state index contributed by atoms with van der Waals surface area (Å²) >= 11 is 6.06. The van der Waals surface area contributed by atoms with E-state index in [0.717, 1.165) is 5.56 Å². The number of amides is 1. The van der Waals surface area contributed by atoms with E-state index in [1.165, 1.54) is 0 Å². The van der Waals surface area contributed by atoms with Crippen LogP contribution in [0.5, 0.6) is 0 Å². The first-order valence-electron chi connectivity index (χ1n) is 6.54. The van der Waals surface area contributed by atoms with Gasteiger partial charge in [0.1, 0.15) is 0 Å². The molecular weight excluding hydrogens is 299 g/mol. The molecule has 6 heteroatoms. The molecule has 1 atom stereocenters. The third kappa shape index (κ3) is 4.35. The van der Waals surface area contributed by atoms with Gasteiger partial charge in [0.15, 0.2) is 0 Å². The highest BCUT2D eigenvalue weighted by Crippen LogP contribution is 2.17. The average molecular weight is 319 g/mol. The summed E-state index contributed by atoms with van der Waals surface area (Å²) in [5.74, 6) is -0.0631. The number of nitrogens with zero attached hydrogens (tertiary/aromatic N) is 1. The summed E-state index contributed by atoms with van der Waals surface area (Å²) in [6.45, 7) is 1.16. The summed E-state index contributed by atoms with van der Waals surface area (Å²) in [5.41, 5.74) is 6.86. The van der Waals surface area contributed by atoms with Crippen molar-refractivity contribution in [3.05, 3.63) is 34.9 Å². The molecule has 20 heavy (non-hydrogen) atoms. The van der Waals surface area contributed by atoms with Crippen LogP contribution in [0.15, 0.2) is 24.3 Å². The first kappa shape index (κ1) is 17.2. The van der Waals surface area contributed by atoms with Crippen LogP contribution in [0.2, 0.25) is 5.02 Å². The van der Waals surface area contributed by atoms with Crippen molar-refractivity contribution in [3.63, 3.8) is 0 Å². The number of carbonyl (C=O) groups excluding carboxylic acids is 1. The Morgan fingerprint density at radius 3 is 2.60 bits per heavy atom. The maximum Gasteiger partial charge on any atom is 0.239 e. The highest BCUT2D eigenvalue weighted by atomic mass is 35.5. The molecule has 1 aliphatic rings. The lowest BCUT2D eigenvalue weighted by molar-refractivity contribution is -0.134. The van der Waals surface area contributed by atoms with E-state index >= 15 is 0 Å². The van der Waals surface area contributed by atoms with Crippen LogP contribution in [0.25, 0.3) is 0 Å². The van der Waals surface area contributed by atoms with Crippen LogP contribution in [0, 0.1) is 0 Å². The van der Waals surface area contributed by atoms with Crippen molar-refractivity contribution in [2.24, 2.45) is 5.73 Å². The monoisotopic (exact) mass is 318 g/mol. The number of piperidine rings is 1. The summed E-state index contributed by atoms with van der Waals surface area (Å²) in [5, 5.41) is 10.1. The molecular formula is C14H20Cl2N2O2. The van der Waals surface area contributed by atoms with Crippen molar-refractivity contribution in [2.45, 2.75) is 31.4 Å². The molecule has 112 valence electrons. The molecule has 2 rings (SSSR count). The fraction of sp³-hybridized carbons (Fsp3) is 0.500. The van der Waals surface area contributed by atoms with Gasteiger partial charge in [0.25, 0.3) is 0 Å². The fourth-order valence-electron chi connectivity index (χ4n) is 2.31. The Balaban J connectivity index is 0.00000200. The van der Waals surface area contributed by atoms with Crippen molar-refractivity contribution in [1.29, 1.82) is 0 Å². The average Bonchev–Trinajstić information content (AvgIpc) is 2.41. The van der Waals surface area contributed by atoms with Gasteiger partial charge >= 0.3 is 0 Å². The molecule has 1 heterocycles. The molecule has 1 unspecified atom stereocenters. The van der Waals surface area contributed by atoms with Crippen LogP contribution < -0.4 is 5.73 Å². The molecule has 0 spiro atoms. The summed E-state index contributed by atoms with van der Waals surface area (Å²) in [6.07, 6.45) is 1.41. The number of nitrogens with two attached hydrogens (primary N) is 1. The lowest BCUT2D eigenvalue weighted by Crippen LogP contribution is -2.48. The minimum absolute atomic E-state index is 0. The Bertz CT molecular complexity index is 449. The van der Waals surface area contributed by atoms with Crippen LogP contribution in [0.3, 0.4) is 0 Å². The molecule has 4 nitrogen and oxygen atoms in total. The largest absolute Gasteiger partial charge is 0.393 e. The Morgan fingerprint density at radius 2 is 2.00 bits per heavy atom. The SMILES string of the molecule is Cl.NC(Cc1ccccc1Cl)C(=O)N1CCC(O)CC1. The van der Waals surface area contributed by atoms with E-state index in [2.05, 4.69) is 0 Å². The first-order chi connectivity index (χ1) is 9.08. The van der Waals surface area contributed by atoms with E-state index in [4.69, 9.17) is 17.3 Å². The summed E-state index contributed by atoms with van der Waals surface area (Å²) in [6, 6.07) is 6.84. The zero-order chi connectivity index (χ0) is 13.8. The van der Waals surface area contributed by atoms with Gasteiger partial charge in [-0.15, -0.1) is 12.4 Å². The van der Waals surface area contributed by atoms with Gasteiger partial charge < -0.3 is 15.7 Å². The van der Waals surface area contributed by atoms with E-state index in [1.807, 2.05) is 18.2 Å². The maximum absolute atomic E-state index is 12.2. The molecule has 1 aromatic rings. The zero-order valence-electron chi connectivity index (χ0n) is 11.2. The van der Waals surface area contributed by atoms with Crippen molar-refractivity contribution < 1.29 is 9.90 Å². The van der Waals surface area contributed by atoms with Crippen LogP contribution in [-0.4, -0.2) is 41.1 Å². The molecule has 1 aromatic carbocycles. The van der Waals surface area contributed by atoms with Crippen LogP contribution in [0.4, 0.5) is 0 Å². The number of hydrogen-bond donors (Lipinski definition) is 2. The fourth-order valence-corrected chi connectivity index (χ4v) is 2.52. The topological polar surface area (TPSA) is 66.6 Å². The Morgan fingerprint density at radius 1 is 1.40 bits per heavy atom. The predicted molar refractivity (Wildman–Crippen MR) is 82.2 cm³/mol. The van der Waals surface area contributed by atoms with Gasteiger partial charge in [-0.2, -0.15) is 0 Å². The molecule has 3 N–H and O–H groups in total. The van der Waals surface area contributed by atoms with Crippen LogP contribution in [-0.2, 0) is 11.2 Å². The highest BCUT2D eigenvalue weighted by Gasteiger charge is 2.25. The van der Waals surface area contributed by atoms with Gasteiger partial charge in [-0.3, -0.25) is 4.79 Å². The number of likely N-dealkylation sites (tertiary alicyclic amines) is 1. The van der Waals surface area contributed by atoms with Gasteiger partial charge in [-0.25, -0.2) is 0 Å². The van der Waals surface area contributed by atoms with Crippen LogP contribution in [0.1, 0.15) is 18.4 Å². The summed E-state index contributed by atoms with van der Waals surface area (Å²) in [7, 11) is 0. The number of hydrogen-bond acceptors (Lipinski definition) is 3. The lowest BCUT2D eigenvalue weighted by atomic mass is 10.0. The molecule has 0 bridgehead atoms. The first-order valence-corrected chi connectivity index (χ1v) is 6.91. The number of halogens is 2. The van der Waals surface area contributed by atoms with E-state index in [9.17, 15) is 9.90 Å². The molecule has 1 saturated heterocycles. The minimum Gasteiger partial charge on any atom is -0.393 e. The standard InChI is InChI=1S/C14H19ClN2O2.ClH/c15-12-4-2-1-3-10(12)9-13(16)14(19)17-7-5-11(18)6-8-17;/h1-4,11,13,18H,5-9,16H2;1H. The normalized spacial score (nSPS) is 17.4. The third-order valence-electron chi connectivity index (χ3n) is 3.49. The molecule has 1 fully saturated rings. The molecule has 0 saturated carbocycles. The second kappa shape index (κ2) is 7.84. The number of carbonyl (C=O) groups is 1. The number of aliphatic hydroxyl groups is 1. The van der Waals surface area contributed by atoms with Gasteiger partial charge in [0.05, 0.1) is 12.1 Å². The van der Waals surface area contributed by atoms with Gasteiger partial charge in [0.2, 0.25) is 5.91 Å². The molecule has 1 amide bonds. The Labute approximate surface area is 130 Å². The Kier molecular flexibility index (Phi) is 6.76. The lowest BCUT2D eigenvalue weighted by Gasteiger charge is -2.31. The second-order valence-electron chi connectivity index (χ2n) is 4.96. The quantitative estimate of drug-likeness (QED) is 0.890. The number of benzene rings is 1. The predicted octanol–water partition coefficient (Wildman–Crippen LogP) is 1.61. The second-order valence-corrected chi connectivity index (χ2v) is 5.37.